The molecule has 38 heavy (non-hydrogen) atoms. The maximum absolute atomic E-state index is 13.1. The maximum atomic E-state index is 13.1. The molecule has 0 aliphatic rings. The Morgan fingerprint density at radius 2 is 1.95 bits per heavy atom. The van der Waals surface area contributed by atoms with E-state index in [9.17, 15) is 14.9 Å². The predicted molar refractivity (Wildman–Crippen MR) is 142 cm³/mol. The third-order valence-electron chi connectivity index (χ3n) is 5.99. The Morgan fingerprint density at radius 3 is 2.66 bits per heavy atom. The van der Waals surface area contributed by atoms with Crippen molar-refractivity contribution in [2.24, 2.45) is 0 Å². The van der Waals surface area contributed by atoms with E-state index in [2.05, 4.69) is 20.5 Å². The molecule has 11 nitrogen and oxygen atoms in total. The van der Waals surface area contributed by atoms with Gasteiger partial charge in [-0.15, -0.1) is 0 Å². The first-order chi connectivity index (χ1) is 18.2. The number of nitrogens with zero attached hydrogens (tertiary/aromatic N) is 6. The van der Waals surface area contributed by atoms with Gasteiger partial charge in [0.05, 0.1) is 28.6 Å². The van der Waals surface area contributed by atoms with Crippen LogP contribution in [-0.4, -0.2) is 35.2 Å². The van der Waals surface area contributed by atoms with Gasteiger partial charge in [0.15, 0.2) is 11.3 Å². The molecule has 1 amide bonds. The van der Waals surface area contributed by atoms with Crippen LogP contribution in [0.1, 0.15) is 28.7 Å². The predicted octanol–water partition coefficient (Wildman–Crippen LogP) is 5.84. The van der Waals surface area contributed by atoms with Crippen LogP contribution in [0.2, 0.25) is 5.02 Å². The second-order valence-electron chi connectivity index (χ2n) is 8.53. The smallest absolute Gasteiger partial charge is 0.276 e. The van der Waals surface area contributed by atoms with Crippen LogP contribution in [0.5, 0.6) is 11.5 Å². The van der Waals surface area contributed by atoms with Crippen molar-refractivity contribution >= 4 is 34.5 Å². The van der Waals surface area contributed by atoms with E-state index >= 15 is 0 Å². The average molecular weight is 532 g/mol. The van der Waals surface area contributed by atoms with Crippen molar-refractivity contribution in [1.29, 1.82) is 0 Å². The fourth-order valence-corrected chi connectivity index (χ4v) is 4.18. The summed E-state index contributed by atoms with van der Waals surface area (Å²) in [5.74, 6) is 0.0696. The number of fused-ring (bicyclic) bond motifs is 1. The molecule has 5 rings (SSSR count). The molecule has 0 bridgehead atoms. The standard InChI is InChI=1S/C26H22ClN7O4/c1-4-32-16(3)21(14-29-32)24-7-8-28-25-13-23(31-33(24)25)26(35)30-17-10-18(34(36)37)12-20(11-17)38-19-5-6-22(27)15(2)9-19/h5-14H,4H2,1-3H3,(H,30,35). The lowest BCUT2D eigenvalue weighted by atomic mass is 10.2. The van der Waals surface area contributed by atoms with Crippen LogP contribution < -0.4 is 10.1 Å². The molecule has 0 saturated carbocycles. The highest BCUT2D eigenvalue weighted by Gasteiger charge is 2.19. The van der Waals surface area contributed by atoms with E-state index in [1.165, 1.54) is 18.2 Å². The lowest BCUT2D eigenvalue weighted by Crippen LogP contribution is -2.13. The molecule has 0 unspecified atom stereocenters. The molecule has 2 aromatic carbocycles. The molecular formula is C26H22ClN7O4. The minimum absolute atomic E-state index is 0.0905. The summed E-state index contributed by atoms with van der Waals surface area (Å²) in [5, 5.41) is 23.6. The molecule has 0 atom stereocenters. The molecule has 12 heteroatoms. The first-order valence-electron chi connectivity index (χ1n) is 11.7. The number of halogens is 1. The first kappa shape index (κ1) is 24.9. The van der Waals surface area contributed by atoms with E-state index in [1.54, 1.807) is 47.2 Å². The summed E-state index contributed by atoms with van der Waals surface area (Å²) >= 11 is 6.07. The summed E-state index contributed by atoms with van der Waals surface area (Å²) < 4.78 is 9.26. The highest BCUT2D eigenvalue weighted by Crippen LogP contribution is 2.32. The molecule has 192 valence electrons. The normalized spacial score (nSPS) is 11.1. The summed E-state index contributed by atoms with van der Waals surface area (Å²) in [5.41, 5.74) is 3.84. The molecular weight excluding hydrogens is 510 g/mol. The average Bonchev–Trinajstić information content (AvgIpc) is 3.49. The van der Waals surface area contributed by atoms with E-state index in [-0.39, 0.29) is 22.8 Å². The lowest BCUT2D eigenvalue weighted by Gasteiger charge is -2.10. The van der Waals surface area contributed by atoms with Crippen LogP contribution >= 0.6 is 11.6 Å². The van der Waals surface area contributed by atoms with E-state index in [1.807, 2.05) is 25.5 Å². The summed E-state index contributed by atoms with van der Waals surface area (Å²) in [6.45, 7) is 6.51. The number of carbonyl (C=O) groups is 1. The molecule has 0 radical (unpaired) electrons. The Kier molecular flexibility index (Phi) is 6.52. The zero-order valence-corrected chi connectivity index (χ0v) is 21.4. The van der Waals surface area contributed by atoms with Crippen molar-refractivity contribution in [3.8, 4) is 22.8 Å². The van der Waals surface area contributed by atoms with Gasteiger partial charge in [0, 0.05) is 47.2 Å². The number of nitro groups is 1. The van der Waals surface area contributed by atoms with Gasteiger partial charge >= 0.3 is 0 Å². The summed E-state index contributed by atoms with van der Waals surface area (Å²) in [6.07, 6.45) is 3.39. The SMILES string of the molecule is CCn1ncc(-c2ccnc3cc(C(=O)Nc4cc(Oc5ccc(Cl)c(C)c5)cc([N+](=O)[O-])c4)nn23)c1C. The van der Waals surface area contributed by atoms with Crippen LogP contribution in [0.25, 0.3) is 16.9 Å². The van der Waals surface area contributed by atoms with Crippen molar-refractivity contribution in [2.45, 2.75) is 27.3 Å². The number of ether oxygens (including phenoxy) is 1. The fraction of sp³-hybridized carbons (Fsp3) is 0.154. The Hall–Kier alpha value is -4.77. The highest BCUT2D eigenvalue weighted by molar-refractivity contribution is 6.31. The van der Waals surface area contributed by atoms with Crippen molar-refractivity contribution in [2.75, 3.05) is 5.32 Å². The number of anilines is 1. The molecule has 3 aromatic heterocycles. The Labute approximate surface area is 221 Å². The lowest BCUT2D eigenvalue weighted by molar-refractivity contribution is -0.384. The molecule has 0 spiro atoms. The zero-order chi connectivity index (χ0) is 27.0. The van der Waals surface area contributed by atoms with Gasteiger partial charge in [-0.1, -0.05) is 11.6 Å². The van der Waals surface area contributed by atoms with Crippen molar-refractivity contribution in [3.63, 3.8) is 0 Å². The van der Waals surface area contributed by atoms with Gasteiger partial charge < -0.3 is 10.1 Å². The summed E-state index contributed by atoms with van der Waals surface area (Å²) in [6, 6.07) is 12.4. The number of amides is 1. The Bertz CT molecular complexity index is 1710. The number of benzene rings is 2. The monoisotopic (exact) mass is 531 g/mol. The largest absolute Gasteiger partial charge is 0.457 e. The Morgan fingerprint density at radius 1 is 1.13 bits per heavy atom. The number of hydrogen-bond acceptors (Lipinski definition) is 7. The van der Waals surface area contributed by atoms with Crippen LogP contribution in [-0.2, 0) is 6.54 Å². The zero-order valence-electron chi connectivity index (χ0n) is 20.7. The minimum atomic E-state index is -0.560. The number of nitrogens with one attached hydrogen (secondary N) is 1. The Balaban J connectivity index is 1.45. The van der Waals surface area contributed by atoms with Gasteiger partial charge in [-0.25, -0.2) is 9.50 Å². The van der Waals surface area contributed by atoms with Gasteiger partial charge in [-0.05, 0) is 50.6 Å². The minimum Gasteiger partial charge on any atom is -0.457 e. The van der Waals surface area contributed by atoms with Gasteiger partial charge in [0.25, 0.3) is 11.6 Å². The second kappa shape index (κ2) is 9.94. The summed E-state index contributed by atoms with van der Waals surface area (Å²) in [7, 11) is 0. The number of rotatable bonds is 7. The molecule has 0 aliphatic carbocycles. The number of non-ortho nitro benzene ring substituents is 1. The van der Waals surface area contributed by atoms with E-state index in [0.29, 0.717) is 16.4 Å². The molecule has 1 N–H and O–H groups in total. The van der Waals surface area contributed by atoms with Gasteiger partial charge in [-0.2, -0.15) is 10.2 Å². The number of aromatic nitrogens is 5. The van der Waals surface area contributed by atoms with E-state index < -0.39 is 10.8 Å². The van der Waals surface area contributed by atoms with Crippen LogP contribution in [0, 0.1) is 24.0 Å². The van der Waals surface area contributed by atoms with Gasteiger partial charge in [0.2, 0.25) is 0 Å². The third-order valence-corrected chi connectivity index (χ3v) is 6.42. The number of nitro benzene ring substituents is 1. The molecule has 0 aliphatic heterocycles. The van der Waals surface area contributed by atoms with Crippen LogP contribution in [0.15, 0.2) is 60.9 Å². The third kappa shape index (κ3) is 4.78. The topological polar surface area (TPSA) is 129 Å². The number of hydrogen-bond donors (Lipinski definition) is 1. The first-order valence-corrected chi connectivity index (χ1v) is 12.0. The fourth-order valence-electron chi connectivity index (χ4n) is 4.06. The second-order valence-corrected chi connectivity index (χ2v) is 8.94. The molecule has 0 saturated heterocycles. The maximum Gasteiger partial charge on any atom is 0.276 e. The van der Waals surface area contributed by atoms with Crippen LogP contribution in [0.4, 0.5) is 11.4 Å². The van der Waals surface area contributed by atoms with Gasteiger partial charge in [-0.3, -0.25) is 19.6 Å². The van der Waals surface area contributed by atoms with Crippen molar-refractivity contribution < 1.29 is 14.5 Å². The van der Waals surface area contributed by atoms with E-state index in [0.717, 1.165) is 29.1 Å². The van der Waals surface area contributed by atoms with Crippen LogP contribution in [0.3, 0.4) is 0 Å². The van der Waals surface area contributed by atoms with Crippen molar-refractivity contribution in [1.82, 2.24) is 24.4 Å². The number of aryl methyl sites for hydroxylation is 2. The molecule has 5 aromatic rings. The van der Waals surface area contributed by atoms with Gasteiger partial charge in [0.1, 0.15) is 11.5 Å². The van der Waals surface area contributed by atoms with Crippen molar-refractivity contribution in [3.05, 3.63) is 93.0 Å². The number of carbonyl (C=O) groups excluding carboxylic acids is 1. The van der Waals surface area contributed by atoms with E-state index in [4.69, 9.17) is 16.3 Å². The molecule has 3 heterocycles. The molecule has 0 fully saturated rings. The summed E-state index contributed by atoms with van der Waals surface area (Å²) in [4.78, 5) is 28.4. The quantitative estimate of drug-likeness (QED) is 0.206. The highest BCUT2D eigenvalue weighted by atomic mass is 35.5.